The second kappa shape index (κ2) is 2.24. The fourth-order valence-corrected chi connectivity index (χ4v) is 0.200. The molecule has 0 N–H and O–H groups in total. The average molecular weight is 122 g/mol. The van der Waals surface area contributed by atoms with E-state index in [0.29, 0.717) is 0 Å². The third kappa shape index (κ3) is 2.05. The second-order valence-corrected chi connectivity index (χ2v) is 1.45. The van der Waals surface area contributed by atoms with Gasteiger partial charge in [-0.1, -0.05) is 6.82 Å². The zero-order valence-corrected chi connectivity index (χ0v) is 4.55. The van der Waals surface area contributed by atoms with E-state index in [1.807, 2.05) is 0 Å². The summed E-state index contributed by atoms with van der Waals surface area (Å²) in [5.74, 6) is 0. The van der Waals surface area contributed by atoms with Crippen molar-refractivity contribution in [3.05, 3.63) is 12.1 Å². The second-order valence-electron chi connectivity index (χ2n) is 1.45. The minimum atomic E-state index is -4.19. The van der Waals surface area contributed by atoms with Crippen LogP contribution in [0.15, 0.2) is 12.1 Å². The van der Waals surface area contributed by atoms with Gasteiger partial charge in [0.1, 0.15) is 0 Å². The van der Waals surface area contributed by atoms with Crippen molar-refractivity contribution in [2.75, 3.05) is 0 Å². The first kappa shape index (κ1) is 7.59. The van der Waals surface area contributed by atoms with Crippen molar-refractivity contribution < 1.29 is 13.2 Å². The van der Waals surface area contributed by atoms with Crippen molar-refractivity contribution in [1.29, 1.82) is 0 Å². The summed E-state index contributed by atoms with van der Waals surface area (Å²) in [7, 11) is -0.0243. The molecule has 0 unspecified atom stereocenters. The molecule has 0 saturated carbocycles. The number of rotatable bonds is 1. The Kier molecular flexibility index (Phi) is 2.13. The van der Waals surface area contributed by atoms with Gasteiger partial charge in [0.05, 0.1) is 0 Å². The summed E-state index contributed by atoms with van der Waals surface area (Å²) in [5, 5.41) is 0. The van der Waals surface area contributed by atoms with Crippen molar-refractivity contribution in [2.45, 2.75) is 13.0 Å². The maximum Gasteiger partial charge on any atom is 0.403 e. The van der Waals surface area contributed by atoms with E-state index in [1.54, 1.807) is 0 Å². The van der Waals surface area contributed by atoms with Gasteiger partial charge in [-0.05, 0) is 5.47 Å². The minimum absolute atomic E-state index is 0.0243. The molecule has 0 nitrogen and oxygen atoms in total. The molecule has 0 atom stereocenters. The predicted octanol–water partition coefficient (Wildman–Crippen LogP) is 1.55. The van der Waals surface area contributed by atoms with Crippen LogP contribution in [0.1, 0.15) is 0 Å². The SMILES string of the molecule is C=C(BC)C(F)(F)F. The first-order valence-corrected chi connectivity index (χ1v) is 2.23. The average Bonchev–Trinajstić information content (AvgIpc) is 1.62. The van der Waals surface area contributed by atoms with Crippen molar-refractivity contribution in [3.8, 4) is 0 Å². The van der Waals surface area contributed by atoms with Crippen molar-refractivity contribution in [3.63, 3.8) is 0 Å². The lowest BCUT2D eigenvalue weighted by Gasteiger charge is -2.04. The molecule has 0 radical (unpaired) electrons. The van der Waals surface area contributed by atoms with Gasteiger partial charge in [-0.15, -0.1) is 6.58 Å². The van der Waals surface area contributed by atoms with Gasteiger partial charge in [-0.2, -0.15) is 13.2 Å². The Morgan fingerprint density at radius 1 is 1.50 bits per heavy atom. The number of hydrogen-bond acceptors (Lipinski definition) is 0. The lowest BCUT2D eigenvalue weighted by Crippen LogP contribution is -2.13. The van der Waals surface area contributed by atoms with Crippen LogP contribution < -0.4 is 0 Å². The third-order valence-corrected chi connectivity index (χ3v) is 0.828. The fraction of sp³-hybridized carbons (Fsp3) is 0.500. The summed E-state index contributed by atoms with van der Waals surface area (Å²) in [6, 6.07) is 0. The van der Waals surface area contributed by atoms with Gasteiger partial charge >= 0.3 is 6.18 Å². The molecule has 8 heavy (non-hydrogen) atoms. The van der Waals surface area contributed by atoms with E-state index in [1.165, 1.54) is 6.82 Å². The maximum atomic E-state index is 11.3. The molecule has 0 spiro atoms. The zero-order valence-electron chi connectivity index (χ0n) is 4.55. The summed E-state index contributed by atoms with van der Waals surface area (Å²) in [6.07, 6.45) is -4.19. The molecule has 0 fully saturated rings. The van der Waals surface area contributed by atoms with Gasteiger partial charge in [0.25, 0.3) is 0 Å². The Morgan fingerprint density at radius 2 is 1.88 bits per heavy atom. The van der Waals surface area contributed by atoms with E-state index in [9.17, 15) is 13.2 Å². The van der Waals surface area contributed by atoms with Gasteiger partial charge in [0, 0.05) is 0 Å². The van der Waals surface area contributed by atoms with Crippen LogP contribution in [-0.2, 0) is 0 Å². The van der Waals surface area contributed by atoms with Gasteiger partial charge in [0.15, 0.2) is 7.28 Å². The molecule has 0 aliphatic heterocycles. The Hall–Kier alpha value is -0.405. The van der Waals surface area contributed by atoms with E-state index < -0.39 is 11.6 Å². The summed E-state index contributed by atoms with van der Waals surface area (Å²) >= 11 is 0. The lowest BCUT2D eigenvalue weighted by atomic mass is 9.73. The Morgan fingerprint density at radius 3 is 1.88 bits per heavy atom. The summed E-state index contributed by atoms with van der Waals surface area (Å²) in [6.45, 7) is 4.25. The van der Waals surface area contributed by atoms with Crippen LogP contribution in [0.2, 0.25) is 6.82 Å². The minimum Gasteiger partial charge on any atom is -0.167 e. The largest absolute Gasteiger partial charge is 0.403 e. The van der Waals surface area contributed by atoms with Crippen molar-refractivity contribution >= 4 is 7.28 Å². The van der Waals surface area contributed by atoms with Crippen LogP contribution in [-0.4, -0.2) is 13.5 Å². The van der Waals surface area contributed by atoms with Crippen LogP contribution in [0.4, 0.5) is 13.2 Å². The highest BCUT2D eigenvalue weighted by atomic mass is 19.4. The van der Waals surface area contributed by atoms with Gasteiger partial charge in [-0.25, -0.2) is 0 Å². The number of allylic oxidation sites excluding steroid dienone is 1. The molecule has 0 saturated heterocycles. The van der Waals surface area contributed by atoms with Crippen LogP contribution in [0.25, 0.3) is 0 Å². The first-order valence-electron chi connectivity index (χ1n) is 2.23. The molecular formula is C4H6BF3. The quantitative estimate of drug-likeness (QED) is 0.462. The maximum absolute atomic E-state index is 11.3. The smallest absolute Gasteiger partial charge is 0.167 e. The van der Waals surface area contributed by atoms with Gasteiger partial charge < -0.3 is 0 Å². The Labute approximate surface area is 46.6 Å². The molecule has 0 aromatic heterocycles. The highest BCUT2D eigenvalue weighted by Crippen LogP contribution is 2.22. The summed E-state index contributed by atoms with van der Waals surface area (Å²) in [5.41, 5.74) is -0.669. The van der Waals surface area contributed by atoms with E-state index in [2.05, 4.69) is 6.58 Å². The topological polar surface area (TPSA) is 0 Å². The number of hydrogen-bond donors (Lipinski definition) is 0. The van der Waals surface area contributed by atoms with Crippen LogP contribution in [0.5, 0.6) is 0 Å². The number of alkyl halides is 3. The van der Waals surface area contributed by atoms with E-state index in [0.717, 1.165) is 0 Å². The highest BCUT2D eigenvalue weighted by molar-refractivity contribution is 6.43. The summed E-state index contributed by atoms with van der Waals surface area (Å²) < 4.78 is 34.0. The Balaban J connectivity index is 3.82. The third-order valence-electron chi connectivity index (χ3n) is 0.828. The molecule has 0 aromatic carbocycles. The standard InChI is InChI=1S/C4H6BF3/c1-3(5-2)4(6,7)8/h5H,1H2,2H3. The summed E-state index contributed by atoms with van der Waals surface area (Å²) in [4.78, 5) is 0. The molecule has 0 bridgehead atoms. The van der Waals surface area contributed by atoms with Gasteiger partial charge in [-0.3, -0.25) is 0 Å². The van der Waals surface area contributed by atoms with Gasteiger partial charge in [0.2, 0.25) is 0 Å². The predicted molar refractivity (Wildman–Crippen MR) is 28.2 cm³/mol. The van der Waals surface area contributed by atoms with E-state index in [4.69, 9.17) is 0 Å². The molecule has 0 rings (SSSR count). The van der Waals surface area contributed by atoms with Crippen LogP contribution >= 0.6 is 0 Å². The van der Waals surface area contributed by atoms with Crippen LogP contribution in [0, 0.1) is 0 Å². The molecule has 0 aliphatic carbocycles. The van der Waals surface area contributed by atoms with E-state index in [-0.39, 0.29) is 7.28 Å². The molecule has 46 valence electrons. The first-order chi connectivity index (χ1) is 3.48. The molecule has 0 amide bonds. The monoisotopic (exact) mass is 122 g/mol. The molecule has 0 aromatic rings. The molecule has 0 aliphatic rings. The highest BCUT2D eigenvalue weighted by Gasteiger charge is 2.29. The molecule has 4 heteroatoms. The Bertz CT molecular complexity index is 93.9. The van der Waals surface area contributed by atoms with Crippen LogP contribution in [0.3, 0.4) is 0 Å². The lowest BCUT2D eigenvalue weighted by molar-refractivity contribution is -0.0845. The normalized spacial score (nSPS) is 11.0. The molecular weight excluding hydrogens is 116 g/mol. The zero-order chi connectivity index (χ0) is 6.78. The molecule has 0 heterocycles. The van der Waals surface area contributed by atoms with Crippen molar-refractivity contribution in [2.24, 2.45) is 0 Å². The number of halogens is 3. The fourth-order valence-electron chi connectivity index (χ4n) is 0.200. The van der Waals surface area contributed by atoms with Crippen molar-refractivity contribution in [1.82, 2.24) is 0 Å². The van der Waals surface area contributed by atoms with E-state index >= 15 is 0 Å².